The van der Waals surface area contributed by atoms with Crippen molar-refractivity contribution in [2.45, 2.75) is 82.7 Å². The average molecular weight is 381 g/mol. The van der Waals surface area contributed by atoms with Crippen LogP contribution in [0.4, 0.5) is 0 Å². The molecule has 27 heavy (non-hydrogen) atoms. The summed E-state index contributed by atoms with van der Waals surface area (Å²) >= 11 is 0. The van der Waals surface area contributed by atoms with E-state index < -0.39 is 0 Å². The van der Waals surface area contributed by atoms with Gasteiger partial charge in [-0.15, -0.1) is 0 Å². The smallest absolute Gasteiger partial charge is 0.243 e. The number of aliphatic hydroxyl groups is 2. The monoisotopic (exact) mass is 380 g/mol. The number of hydrogen-bond acceptors (Lipinski definition) is 4. The summed E-state index contributed by atoms with van der Waals surface area (Å²) in [5.74, 6) is -0.145. The van der Waals surface area contributed by atoms with Crippen molar-refractivity contribution in [1.29, 1.82) is 0 Å². The third-order valence-electron chi connectivity index (χ3n) is 4.72. The normalized spacial score (nSPS) is 19.8. The van der Waals surface area contributed by atoms with E-state index in [0.29, 0.717) is 0 Å². The summed E-state index contributed by atoms with van der Waals surface area (Å²) in [6.45, 7) is 0.452. The van der Waals surface area contributed by atoms with Crippen molar-refractivity contribution in [3.63, 3.8) is 0 Å². The summed E-state index contributed by atoms with van der Waals surface area (Å²) in [5, 5.41) is 23.4. The molecule has 0 aromatic heterocycles. The Hall–Kier alpha value is -1.66. The number of allylic oxidation sites excluding steroid dienone is 2. The van der Waals surface area contributed by atoms with Gasteiger partial charge in [-0.25, -0.2) is 0 Å². The minimum atomic E-state index is -0.0723. The lowest BCUT2D eigenvalue weighted by Crippen LogP contribution is -2.36. The molecule has 1 fully saturated rings. The Bertz CT molecular complexity index is 435. The summed E-state index contributed by atoms with van der Waals surface area (Å²) in [7, 11) is 0. The van der Waals surface area contributed by atoms with Crippen LogP contribution in [0.1, 0.15) is 70.6 Å². The lowest BCUT2D eigenvalue weighted by Gasteiger charge is -2.13. The SMILES string of the molecule is O=C(C=CCCCCCO)N[C@@H]1CC[C@H](NC(=O)C=CCCCCCO)C1. The molecule has 6 heteroatoms. The van der Waals surface area contributed by atoms with Gasteiger partial charge in [0, 0.05) is 25.3 Å². The van der Waals surface area contributed by atoms with Crippen molar-refractivity contribution in [2.75, 3.05) is 13.2 Å². The highest BCUT2D eigenvalue weighted by Crippen LogP contribution is 2.19. The molecule has 1 rings (SSSR count). The second kappa shape index (κ2) is 15.4. The van der Waals surface area contributed by atoms with E-state index >= 15 is 0 Å². The molecule has 0 radical (unpaired) electrons. The zero-order valence-corrected chi connectivity index (χ0v) is 16.4. The molecule has 6 nitrogen and oxygen atoms in total. The molecule has 0 heterocycles. The van der Waals surface area contributed by atoms with Crippen molar-refractivity contribution in [3.05, 3.63) is 24.3 Å². The first-order chi connectivity index (χ1) is 13.2. The van der Waals surface area contributed by atoms with E-state index in [2.05, 4.69) is 10.6 Å². The maximum atomic E-state index is 11.9. The maximum absolute atomic E-state index is 11.9. The molecule has 0 aromatic carbocycles. The largest absolute Gasteiger partial charge is 0.396 e. The molecule has 1 aliphatic rings. The van der Waals surface area contributed by atoms with Crippen LogP contribution >= 0.6 is 0 Å². The van der Waals surface area contributed by atoms with E-state index in [4.69, 9.17) is 10.2 Å². The molecule has 1 aliphatic carbocycles. The highest BCUT2D eigenvalue weighted by atomic mass is 16.3. The van der Waals surface area contributed by atoms with E-state index in [1.165, 1.54) is 0 Å². The first-order valence-electron chi connectivity index (χ1n) is 10.3. The Morgan fingerprint density at radius 3 is 1.59 bits per heavy atom. The Morgan fingerprint density at radius 2 is 1.19 bits per heavy atom. The molecule has 4 N–H and O–H groups in total. The van der Waals surface area contributed by atoms with Crippen molar-refractivity contribution < 1.29 is 19.8 Å². The van der Waals surface area contributed by atoms with E-state index in [1.807, 2.05) is 12.2 Å². The zero-order chi connectivity index (χ0) is 19.7. The molecule has 0 unspecified atom stereocenters. The number of unbranched alkanes of at least 4 members (excludes halogenated alkanes) is 6. The fourth-order valence-corrected chi connectivity index (χ4v) is 3.22. The summed E-state index contributed by atoms with van der Waals surface area (Å²) in [6, 6.07) is 0.230. The van der Waals surface area contributed by atoms with Crippen LogP contribution < -0.4 is 10.6 Å². The minimum Gasteiger partial charge on any atom is -0.396 e. The van der Waals surface area contributed by atoms with Gasteiger partial charge in [-0.05, 0) is 69.9 Å². The zero-order valence-electron chi connectivity index (χ0n) is 16.4. The summed E-state index contributed by atoms with van der Waals surface area (Å²) in [5.41, 5.74) is 0. The third kappa shape index (κ3) is 12.4. The number of hydrogen-bond donors (Lipinski definition) is 4. The van der Waals surface area contributed by atoms with Crippen molar-refractivity contribution in [1.82, 2.24) is 10.6 Å². The Kier molecular flexibility index (Phi) is 13.3. The molecule has 0 saturated heterocycles. The van der Waals surface area contributed by atoms with Gasteiger partial charge in [-0.1, -0.05) is 25.0 Å². The van der Waals surface area contributed by atoms with Crippen LogP contribution in [0.5, 0.6) is 0 Å². The number of carbonyl (C=O) groups excluding carboxylic acids is 2. The van der Waals surface area contributed by atoms with Gasteiger partial charge < -0.3 is 20.8 Å². The Labute approximate surface area is 163 Å². The molecule has 1 saturated carbocycles. The second-order valence-electron chi connectivity index (χ2n) is 7.17. The van der Waals surface area contributed by atoms with Gasteiger partial charge >= 0.3 is 0 Å². The van der Waals surface area contributed by atoms with Crippen molar-refractivity contribution in [2.24, 2.45) is 0 Å². The van der Waals surface area contributed by atoms with Gasteiger partial charge in [-0.2, -0.15) is 0 Å². The van der Waals surface area contributed by atoms with Crippen LogP contribution in [0.25, 0.3) is 0 Å². The summed E-state index contributed by atoms with van der Waals surface area (Å²) in [6.07, 6.45) is 16.7. The molecular formula is C21H36N2O4. The molecule has 154 valence electrons. The van der Waals surface area contributed by atoms with Crippen LogP contribution in [0, 0.1) is 0 Å². The fourth-order valence-electron chi connectivity index (χ4n) is 3.22. The van der Waals surface area contributed by atoms with Gasteiger partial charge in [0.1, 0.15) is 0 Å². The summed E-state index contributed by atoms with van der Waals surface area (Å²) in [4.78, 5) is 23.8. The lowest BCUT2D eigenvalue weighted by atomic mass is 10.2. The van der Waals surface area contributed by atoms with E-state index in [9.17, 15) is 9.59 Å². The van der Waals surface area contributed by atoms with Crippen molar-refractivity contribution in [3.8, 4) is 0 Å². The molecular weight excluding hydrogens is 344 g/mol. The Morgan fingerprint density at radius 1 is 0.741 bits per heavy atom. The van der Waals surface area contributed by atoms with Crippen LogP contribution in [-0.4, -0.2) is 47.3 Å². The van der Waals surface area contributed by atoms with E-state index in [1.54, 1.807) is 12.2 Å². The second-order valence-corrected chi connectivity index (χ2v) is 7.17. The van der Waals surface area contributed by atoms with Crippen LogP contribution in [0.2, 0.25) is 0 Å². The average Bonchev–Trinajstić information content (AvgIpc) is 3.07. The number of rotatable bonds is 14. The number of amides is 2. The first-order valence-corrected chi connectivity index (χ1v) is 10.3. The molecule has 2 amide bonds. The van der Waals surface area contributed by atoms with Gasteiger partial charge in [0.15, 0.2) is 0 Å². The molecule has 0 spiro atoms. The number of aliphatic hydroxyl groups excluding tert-OH is 2. The van der Waals surface area contributed by atoms with Gasteiger partial charge in [0.25, 0.3) is 0 Å². The van der Waals surface area contributed by atoms with E-state index in [-0.39, 0.29) is 37.1 Å². The van der Waals surface area contributed by atoms with Gasteiger partial charge in [-0.3, -0.25) is 9.59 Å². The number of carbonyl (C=O) groups is 2. The lowest BCUT2D eigenvalue weighted by molar-refractivity contribution is -0.117. The molecule has 0 bridgehead atoms. The Balaban J connectivity index is 2.14. The molecule has 2 atom stereocenters. The predicted octanol–water partition coefficient (Wildman–Crippen LogP) is 2.36. The predicted molar refractivity (Wildman–Crippen MR) is 107 cm³/mol. The fraction of sp³-hybridized carbons (Fsp3) is 0.714. The van der Waals surface area contributed by atoms with E-state index in [0.717, 1.165) is 70.6 Å². The quantitative estimate of drug-likeness (QED) is 0.275. The van der Waals surface area contributed by atoms with Crippen LogP contribution in [0.3, 0.4) is 0 Å². The maximum Gasteiger partial charge on any atom is 0.243 e. The minimum absolute atomic E-state index is 0.0723. The molecule has 0 aliphatic heterocycles. The highest BCUT2D eigenvalue weighted by Gasteiger charge is 2.26. The van der Waals surface area contributed by atoms with Gasteiger partial charge in [0.2, 0.25) is 11.8 Å². The molecule has 0 aromatic rings. The highest BCUT2D eigenvalue weighted by molar-refractivity contribution is 5.88. The van der Waals surface area contributed by atoms with Crippen molar-refractivity contribution >= 4 is 11.8 Å². The summed E-state index contributed by atoms with van der Waals surface area (Å²) < 4.78 is 0. The van der Waals surface area contributed by atoms with Crippen LogP contribution in [-0.2, 0) is 9.59 Å². The number of nitrogens with one attached hydrogen (secondary N) is 2. The first kappa shape index (κ1) is 23.4. The van der Waals surface area contributed by atoms with Gasteiger partial charge in [0.05, 0.1) is 0 Å². The van der Waals surface area contributed by atoms with Crippen LogP contribution in [0.15, 0.2) is 24.3 Å². The topological polar surface area (TPSA) is 98.7 Å². The third-order valence-corrected chi connectivity index (χ3v) is 4.72. The standard InChI is InChI=1S/C21H36N2O4/c24-15-9-5-1-3-7-11-20(26)22-18-13-14-19(17-18)23-21(27)12-8-4-2-6-10-16-25/h7-8,11-12,18-19,24-25H,1-6,9-10,13-17H2,(H,22,26)(H,23,27)/t18-,19+.